The van der Waals surface area contributed by atoms with E-state index >= 15 is 0 Å². The maximum absolute atomic E-state index is 12.1. The fourth-order valence-electron chi connectivity index (χ4n) is 1.74. The first kappa shape index (κ1) is 12.3. The summed E-state index contributed by atoms with van der Waals surface area (Å²) in [4.78, 5) is 20.7. The molecule has 1 amide bonds. The molecule has 1 N–H and O–H groups in total. The molecule has 0 aromatic carbocycles. The van der Waals surface area contributed by atoms with Gasteiger partial charge in [0.2, 0.25) is 5.91 Å². The molecule has 96 valence electrons. The van der Waals surface area contributed by atoms with E-state index in [1.807, 2.05) is 13.8 Å². The number of nitrogens with zero attached hydrogens (tertiary/aromatic N) is 3. The lowest BCUT2D eigenvalue weighted by Crippen LogP contribution is -2.28. The third kappa shape index (κ3) is 2.58. The van der Waals surface area contributed by atoms with Crippen LogP contribution in [0.3, 0.4) is 0 Å². The van der Waals surface area contributed by atoms with Gasteiger partial charge in [-0.05, 0) is 13.8 Å². The van der Waals surface area contributed by atoms with Gasteiger partial charge in [-0.3, -0.25) is 4.79 Å². The number of H-pyrrole nitrogens is 1. The average Bonchev–Trinajstić information content (AvgIpc) is 2.94. The predicted octanol–water partition coefficient (Wildman–Crippen LogP) is 1.22. The van der Waals surface area contributed by atoms with Crippen molar-refractivity contribution in [3.63, 3.8) is 0 Å². The molecule has 0 bridgehead atoms. The van der Waals surface area contributed by atoms with E-state index in [-0.39, 0.29) is 5.91 Å². The lowest BCUT2D eigenvalue weighted by molar-refractivity contribution is -0.129. The maximum Gasteiger partial charge on any atom is 0.227 e. The number of hydrogen-bond acceptors (Lipinski definition) is 4. The zero-order valence-electron chi connectivity index (χ0n) is 10.7. The number of carbonyl (C=O) groups excluding carboxylic acids is 1. The third-order valence-corrected chi connectivity index (χ3v) is 2.88. The number of aromatic amines is 1. The number of hydrogen-bond donors (Lipinski definition) is 1. The van der Waals surface area contributed by atoms with Crippen LogP contribution in [0.25, 0.3) is 0 Å². The molecule has 0 fully saturated rings. The van der Waals surface area contributed by atoms with Crippen LogP contribution in [0.15, 0.2) is 16.9 Å². The van der Waals surface area contributed by atoms with Crippen molar-refractivity contribution in [2.45, 2.75) is 26.8 Å². The van der Waals surface area contributed by atoms with E-state index in [4.69, 9.17) is 4.52 Å². The number of rotatable bonds is 4. The second-order valence-electron chi connectivity index (χ2n) is 4.27. The minimum absolute atomic E-state index is 0.0146. The fourth-order valence-corrected chi connectivity index (χ4v) is 1.74. The SMILES string of the molecule is Cc1noc(C)c1CC(=O)N(C)Cc1ncc[nH]1. The van der Waals surface area contributed by atoms with E-state index in [9.17, 15) is 4.79 Å². The molecular formula is C12H16N4O2. The lowest BCUT2D eigenvalue weighted by Gasteiger charge is -2.15. The summed E-state index contributed by atoms with van der Waals surface area (Å²) in [6.45, 7) is 4.12. The molecule has 18 heavy (non-hydrogen) atoms. The Kier molecular flexibility index (Phi) is 3.45. The highest BCUT2D eigenvalue weighted by Gasteiger charge is 2.16. The van der Waals surface area contributed by atoms with Crippen LogP contribution in [0.5, 0.6) is 0 Å². The van der Waals surface area contributed by atoms with E-state index < -0.39 is 0 Å². The number of nitrogens with one attached hydrogen (secondary N) is 1. The Hall–Kier alpha value is -2.11. The summed E-state index contributed by atoms with van der Waals surface area (Å²) in [5.41, 5.74) is 1.64. The normalized spacial score (nSPS) is 10.6. The van der Waals surface area contributed by atoms with Crippen molar-refractivity contribution in [2.24, 2.45) is 0 Å². The summed E-state index contributed by atoms with van der Waals surface area (Å²) in [5.74, 6) is 1.48. The molecule has 6 heteroatoms. The van der Waals surface area contributed by atoms with E-state index in [1.54, 1.807) is 24.3 Å². The maximum atomic E-state index is 12.1. The molecule has 2 heterocycles. The molecule has 0 aliphatic heterocycles. The Morgan fingerprint density at radius 2 is 2.28 bits per heavy atom. The molecule has 0 aliphatic carbocycles. The highest BCUT2D eigenvalue weighted by molar-refractivity contribution is 5.78. The Morgan fingerprint density at radius 3 is 2.83 bits per heavy atom. The van der Waals surface area contributed by atoms with Gasteiger partial charge in [0, 0.05) is 25.0 Å². The summed E-state index contributed by atoms with van der Waals surface area (Å²) >= 11 is 0. The summed E-state index contributed by atoms with van der Waals surface area (Å²) in [5, 5.41) is 3.84. The summed E-state index contributed by atoms with van der Waals surface area (Å²) < 4.78 is 5.04. The van der Waals surface area contributed by atoms with Gasteiger partial charge < -0.3 is 14.4 Å². The molecule has 2 aromatic rings. The first-order valence-corrected chi connectivity index (χ1v) is 5.72. The highest BCUT2D eigenvalue weighted by atomic mass is 16.5. The highest BCUT2D eigenvalue weighted by Crippen LogP contribution is 2.14. The van der Waals surface area contributed by atoms with Crippen LogP contribution in [-0.2, 0) is 17.8 Å². The number of imidazole rings is 1. The van der Waals surface area contributed by atoms with Gasteiger partial charge in [0.25, 0.3) is 0 Å². The van der Waals surface area contributed by atoms with Crippen LogP contribution >= 0.6 is 0 Å². The first-order valence-electron chi connectivity index (χ1n) is 5.72. The van der Waals surface area contributed by atoms with Gasteiger partial charge >= 0.3 is 0 Å². The van der Waals surface area contributed by atoms with Crippen LogP contribution in [-0.4, -0.2) is 33.0 Å². The smallest absolute Gasteiger partial charge is 0.227 e. The zero-order chi connectivity index (χ0) is 13.1. The Balaban J connectivity index is 2.00. The molecule has 2 rings (SSSR count). The molecular weight excluding hydrogens is 232 g/mol. The minimum atomic E-state index is 0.0146. The van der Waals surface area contributed by atoms with E-state index in [1.165, 1.54) is 0 Å². The van der Waals surface area contributed by atoms with Gasteiger partial charge in [-0.1, -0.05) is 5.16 Å². The fraction of sp³-hybridized carbons (Fsp3) is 0.417. The monoisotopic (exact) mass is 248 g/mol. The van der Waals surface area contributed by atoms with Crippen LogP contribution < -0.4 is 0 Å². The topological polar surface area (TPSA) is 75.0 Å². The molecule has 0 spiro atoms. The molecule has 0 atom stereocenters. The summed E-state index contributed by atoms with van der Waals surface area (Å²) in [6.07, 6.45) is 3.71. The summed E-state index contributed by atoms with van der Waals surface area (Å²) in [7, 11) is 1.75. The number of carbonyl (C=O) groups is 1. The van der Waals surface area contributed by atoms with Crippen molar-refractivity contribution in [3.05, 3.63) is 35.2 Å². The molecule has 0 unspecified atom stereocenters. The Morgan fingerprint density at radius 1 is 1.50 bits per heavy atom. The third-order valence-electron chi connectivity index (χ3n) is 2.88. The standard InChI is InChI=1S/C12H16N4O2/c1-8-10(9(2)18-15-8)6-12(17)16(3)7-11-13-4-5-14-11/h4-5H,6-7H2,1-3H3,(H,13,14). The predicted molar refractivity (Wildman–Crippen MR) is 64.7 cm³/mol. The molecule has 6 nitrogen and oxygen atoms in total. The van der Waals surface area contributed by atoms with E-state index in [0.717, 1.165) is 17.1 Å². The second-order valence-corrected chi connectivity index (χ2v) is 4.27. The van der Waals surface area contributed by atoms with Crippen molar-refractivity contribution in [2.75, 3.05) is 7.05 Å². The van der Waals surface area contributed by atoms with Gasteiger partial charge in [0.05, 0.1) is 18.7 Å². The van der Waals surface area contributed by atoms with Gasteiger partial charge in [-0.15, -0.1) is 0 Å². The van der Waals surface area contributed by atoms with Crippen LogP contribution in [0, 0.1) is 13.8 Å². The van der Waals surface area contributed by atoms with Crippen molar-refractivity contribution >= 4 is 5.91 Å². The number of aromatic nitrogens is 3. The largest absolute Gasteiger partial charge is 0.361 e. The molecule has 2 aromatic heterocycles. The van der Waals surface area contributed by atoms with Crippen molar-refractivity contribution < 1.29 is 9.32 Å². The first-order chi connectivity index (χ1) is 8.58. The lowest BCUT2D eigenvalue weighted by atomic mass is 10.1. The van der Waals surface area contributed by atoms with Gasteiger partial charge in [0.15, 0.2) is 0 Å². The molecule has 0 saturated heterocycles. The average molecular weight is 248 g/mol. The van der Waals surface area contributed by atoms with Crippen LogP contribution in [0.2, 0.25) is 0 Å². The quantitative estimate of drug-likeness (QED) is 0.882. The van der Waals surface area contributed by atoms with Gasteiger partial charge in [-0.2, -0.15) is 0 Å². The Bertz CT molecular complexity index is 511. The van der Waals surface area contributed by atoms with Gasteiger partial charge in [0.1, 0.15) is 11.6 Å². The zero-order valence-corrected chi connectivity index (χ0v) is 10.7. The molecule has 0 saturated carbocycles. The van der Waals surface area contributed by atoms with Crippen LogP contribution in [0.1, 0.15) is 22.8 Å². The second kappa shape index (κ2) is 5.03. The number of amides is 1. The van der Waals surface area contributed by atoms with Gasteiger partial charge in [-0.25, -0.2) is 4.98 Å². The summed E-state index contributed by atoms with van der Waals surface area (Å²) in [6, 6.07) is 0. The molecule has 0 aliphatic rings. The van der Waals surface area contributed by atoms with Crippen LogP contribution in [0.4, 0.5) is 0 Å². The van der Waals surface area contributed by atoms with E-state index in [0.29, 0.717) is 18.7 Å². The van der Waals surface area contributed by atoms with E-state index in [2.05, 4.69) is 15.1 Å². The minimum Gasteiger partial charge on any atom is -0.361 e. The van der Waals surface area contributed by atoms with Crippen molar-refractivity contribution in [3.8, 4) is 0 Å². The van der Waals surface area contributed by atoms with Crippen molar-refractivity contribution in [1.29, 1.82) is 0 Å². The number of aryl methyl sites for hydroxylation is 2. The Labute approximate surface area is 105 Å². The molecule has 0 radical (unpaired) electrons. The number of likely N-dealkylation sites (N-methyl/N-ethyl adjacent to an activating group) is 1. The van der Waals surface area contributed by atoms with Crippen molar-refractivity contribution in [1.82, 2.24) is 20.0 Å².